The molecule has 0 spiro atoms. The fraction of sp³-hybridized carbons (Fsp3) is 0.576. The molecule has 46 heavy (non-hydrogen) atoms. The summed E-state index contributed by atoms with van der Waals surface area (Å²) < 4.78 is 8.02. The molecular formula is C33H39N7O5S. The smallest absolute Gasteiger partial charge is 0.276 e. The highest BCUT2D eigenvalue weighted by Gasteiger charge is 2.72. The van der Waals surface area contributed by atoms with Crippen LogP contribution in [0, 0.1) is 18.3 Å². The van der Waals surface area contributed by atoms with E-state index in [1.807, 2.05) is 22.5 Å². The second kappa shape index (κ2) is 10.9. The van der Waals surface area contributed by atoms with Crippen molar-refractivity contribution in [2.24, 2.45) is 11.3 Å². The van der Waals surface area contributed by atoms with E-state index in [4.69, 9.17) is 9.72 Å². The lowest BCUT2D eigenvalue weighted by molar-refractivity contribution is -0.176. The molecule has 6 aliphatic rings. The molecule has 2 amide bonds. The van der Waals surface area contributed by atoms with Gasteiger partial charge in [0.05, 0.1) is 18.9 Å². The molecular weight excluding hydrogens is 606 g/mol. The summed E-state index contributed by atoms with van der Waals surface area (Å²) in [7, 11) is 0. The number of hydrogen-bond acceptors (Lipinski definition) is 10. The van der Waals surface area contributed by atoms with Crippen molar-refractivity contribution >= 4 is 44.8 Å². The standard InChI is InChI=1S/C33H39N7O5S/c1-3-22-25(38-8-10-39(11-9-38)31(44)24-26(42)19(2)34-18-35-24)27(43)28-29(36-30(46-28)20-6-12-45-13-7-20)40(22)14-23(41)37-33-15-32(16-33,17-33)21-4-5-21/h6,18,21,42H,3-5,7-17H2,1-2H3,(H,37,41). The second-order valence-electron chi connectivity index (χ2n) is 13.7. The molecule has 9 rings (SSSR count). The Labute approximate surface area is 270 Å². The fourth-order valence-corrected chi connectivity index (χ4v) is 9.44. The predicted octanol–water partition coefficient (Wildman–Crippen LogP) is 3.04. The maximum atomic E-state index is 14.3. The minimum Gasteiger partial charge on any atom is -0.504 e. The molecule has 3 aromatic heterocycles. The van der Waals surface area contributed by atoms with Crippen LogP contribution in [0.3, 0.4) is 0 Å². The summed E-state index contributed by atoms with van der Waals surface area (Å²) in [4.78, 5) is 57.9. The first-order chi connectivity index (χ1) is 22.2. The number of thiazole rings is 1. The Morgan fingerprint density at radius 1 is 1.15 bits per heavy atom. The first kappa shape index (κ1) is 29.6. The van der Waals surface area contributed by atoms with Crippen LogP contribution in [-0.4, -0.2) is 86.3 Å². The average molecular weight is 646 g/mol. The number of nitrogens with zero attached hydrogens (tertiary/aromatic N) is 6. The number of anilines is 1. The number of aryl methyl sites for hydroxylation is 1. The number of hydrogen-bond donors (Lipinski definition) is 2. The van der Waals surface area contributed by atoms with Crippen LogP contribution in [0.5, 0.6) is 5.75 Å². The molecule has 4 saturated carbocycles. The third-order valence-corrected chi connectivity index (χ3v) is 11.9. The zero-order valence-corrected chi connectivity index (χ0v) is 27.1. The van der Waals surface area contributed by atoms with Gasteiger partial charge in [-0.15, -0.1) is 11.3 Å². The molecule has 0 unspecified atom stereocenters. The van der Waals surface area contributed by atoms with Crippen molar-refractivity contribution in [3.63, 3.8) is 0 Å². The number of amides is 2. The van der Waals surface area contributed by atoms with Crippen LogP contribution in [0.15, 0.2) is 17.2 Å². The molecule has 2 aliphatic heterocycles. The number of pyridine rings is 1. The zero-order valence-electron chi connectivity index (χ0n) is 26.3. The Morgan fingerprint density at radius 3 is 2.59 bits per heavy atom. The van der Waals surface area contributed by atoms with E-state index in [1.165, 1.54) is 30.5 Å². The lowest BCUT2D eigenvalue weighted by atomic mass is 9.37. The Kier molecular flexibility index (Phi) is 6.98. The Hall–Kier alpha value is -3.84. The number of nitrogens with one attached hydrogen (secondary N) is 1. The molecule has 0 aromatic carbocycles. The monoisotopic (exact) mass is 645 g/mol. The summed E-state index contributed by atoms with van der Waals surface area (Å²) in [6, 6.07) is 0. The van der Waals surface area contributed by atoms with Crippen molar-refractivity contribution in [2.75, 3.05) is 44.3 Å². The number of aromatic hydroxyl groups is 1. The number of fused-ring (bicyclic) bond motifs is 1. The van der Waals surface area contributed by atoms with Crippen LogP contribution in [0.25, 0.3) is 15.9 Å². The van der Waals surface area contributed by atoms with Gasteiger partial charge in [0.25, 0.3) is 5.91 Å². The van der Waals surface area contributed by atoms with Gasteiger partial charge in [-0.2, -0.15) is 0 Å². The molecule has 0 atom stereocenters. The molecule has 5 heterocycles. The molecule has 242 valence electrons. The molecule has 0 radical (unpaired) electrons. The summed E-state index contributed by atoms with van der Waals surface area (Å²) in [5.74, 6) is 0.248. The van der Waals surface area contributed by atoms with E-state index in [2.05, 4.69) is 15.3 Å². The van der Waals surface area contributed by atoms with Gasteiger partial charge in [-0.1, -0.05) is 13.0 Å². The number of carbonyl (C=O) groups is 2. The maximum absolute atomic E-state index is 14.3. The molecule has 3 aromatic rings. The van der Waals surface area contributed by atoms with Crippen LogP contribution in [0.4, 0.5) is 5.69 Å². The number of carbonyl (C=O) groups excluding carboxylic acids is 2. The normalized spacial score (nSPS) is 25.6. The number of aromatic nitrogens is 4. The lowest BCUT2D eigenvalue weighted by Gasteiger charge is -2.71. The van der Waals surface area contributed by atoms with Crippen LogP contribution in [0.1, 0.15) is 72.3 Å². The van der Waals surface area contributed by atoms with Gasteiger partial charge in [-0.05, 0) is 68.8 Å². The average Bonchev–Trinajstić information content (AvgIpc) is 3.77. The first-order valence-corrected chi connectivity index (χ1v) is 17.2. The SMILES string of the molecule is CCc1c(N2CCN(C(=O)c3ncnc(C)c3O)CC2)c(=O)c2sc(C3=CCOCC3)nc2n1CC(=O)NC12CC(C3CC3)(C1)C2. The van der Waals surface area contributed by atoms with Crippen LogP contribution in [-0.2, 0) is 22.5 Å². The van der Waals surface area contributed by atoms with E-state index in [0.29, 0.717) is 73.0 Å². The predicted molar refractivity (Wildman–Crippen MR) is 173 cm³/mol. The highest BCUT2D eigenvalue weighted by atomic mass is 32.1. The van der Waals surface area contributed by atoms with Crippen LogP contribution >= 0.6 is 11.3 Å². The molecule has 2 bridgehead atoms. The first-order valence-electron chi connectivity index (χ1n) is 16.4. The van der Waals surface area contributed by atoms with Crippen LogP contribution in [0.2, 0.25) is 0 Å². The van der Waals surface area contributed by atoms with Gasteiger partial charge in [0.15, 0.2) is 17.1 Å². The van der Waals surface area contributed by atoms with Crippen molar-refractivity contribution in [1.82, 2.24) is 29.7 Å². The van der Waals surface area contributed by atoms with Crippen molar-refractivity contribution in [3.8, 4) is 5.75 Å². The minimum absolute atomic E-state index is 0.0173. The molecule has 12 nitrogen and oxygen atoms in total. The minimum atomic E-state index is -0.364. The van der Waals surface area contributed by atoms with Crippen LogP contribution < -0.4 is 15.6 Å². The summed E-state index contributed by atoms with van der Waals surface area (Å²) in [6.45, 7) is 6.43. The fourth-order valence-electron chi connectivity index (χ4n) is 8.36. The molecule has 5 fully saturated rings. The number of ether oxygens (including phenoxy) is 1. The Balaban J connectivity index is 1.10. The summed E-state index contributed by atoms with van der Waals surface area (Å²) in [6.07, 6.45) is 10.5. The molecule has 1 saturated heterocycles. The van der Waals surface area contributed by atoms with E-state index in [9.17, 15) is 19.5 Å². The van der Waals surface area contributed by atoms with Crippen molar-refractivity contribution < 1.29 is 19.4 Å². The topological polar surface area (TPSA) is 143 Å². The third kappa shape index (κ3) is 4.73. The quantitative estimate of drug-likeness (QED) is 0.378. The van der Waals surface area contributed by atoms with Gasteiger partial charge in [-0.3, -0.25) is 14.4 Å². The number of piperazine rings is 1. The van der Waals surface area contributed by atoms with Gasteiger partial charge in [-0.25, -0.2) is 15.0 Å². The maximum Gasteiger partial charge on any atom is 0.276 e. The van der Waals surface area contributed by atoms with Gasteiger partial charge < -0.3 is 29.5 Å². The third-order valence-electron chi connectivity index (χ3n) is 10.8. The van der Waals surface area contributed by atoms with E-state index < -0.39 is 0 Å². The van der Waals surface area contributed by atoms with Crippen molar-refractivity contribution in [1.29, 1.82) is 0 Å². The lowest BCUT2D eigenvalue weighted by Crippen LogP contribution is -2.75. The van der Waals surface area contributed by atoms with Gasteiger partial charge >= 0.3 is 0 Å². The summed E-state index contributed by atoms with van der Waals surface area (Å²) in [5.41, 5.74) is 3.64. The summed E-state index contributed by atoms with van der Waals surface area (Å²) >= 11 is 1.39. The van der Waals surface area contributed by atoms with Crippen molar-refractivity contribution in [3.05, 3.63) is 44.7 Å². The second-order valence-corrected chi connectivity index (χ2v) is 14.7. The summed E-state index contributed by atoms with van der Waals surface area (Å²) in [5, 5.41) is 14.6. The van der Waals surface area contributed by atoms with Crippen molar-refractivity contribution in [2.45, 2.75) is 70.9 Å². The number of rotatable bonds is 8. The molecule has 4 aliphatic carbocycles. The molecule has 13 heteroatoms. The van der Waals surface area contributed by atoms with Gasteiger partial charge in [0, 0.05) is 37.4 Å². The zero-order chi connectivity index (χ0) is 31.8. The van der Waals surface area contributed by atoms with Gasteiger partial charge in [0.2, 0.25) is 11.3 Å². The highest BCUT2D eigenvalue weighted by Crippen LogP contribution is 2.75. The van der Waals surface area contributed by atoms with E-state index >= 15 is 0 Å². The van der Waals surface area contributed by atoms with Gasteiger partial charge in [0.1, 0.15) is 28.3 Å². The Morgan fingerprint density at radius 2 is 1.91 bits per heavy atom. The highest BCUT2D eigenvalue weighted by molar-refractivity contribution is 7.19. The largest absolute Gasteiger partial charge is 0.504 e. The van der Waals surface area contributed by atoms with E-state index in [0.717, 1.165) is 47.9 Å². The van der Waals surface area contributed by atoms with E-state index in [-0.39, 0.29) is 40.8 Å². The van der Waals surface area contributed by atoms with E-state index in [1.54, 1.807) is 11.8 Å². The Bertz CT molecular complexity index is 1830. The molecule has 2 N–H and O–H groups in total.